The third-order valence-corrected chi connectivity index (χ3v) is 6.93. The topological polar surface area (TPSA) is 26.0 Å². The highest BCUT2D eigenvalue weighted by molar-refractivity contribution is 9.10. The minimum atomic E-state index is 0.161. The maximum absolute atomic E-state index is 6.70. The van der Waals surface area contributed by atoms with Crippen LogP contribution in [0.2, 0.25) is 0 Å². The monoisotopic (exact) mass is 351 g/mol. The van der Waals surface area contributed by atoms with Gasteiger partial charge in [0.15, 0.2) is 0 Å². The van der Waals surface area contributed by atoms with Gasteiger partial charge in [0.2, 0.25) is 0 Å². The van der Waals surface area contributed by atoms with Crippen molar-refractivity contribution >= 4 is 37.4 Å². The van der Waals surface area contributed by atoms with Gasteiger partial charge in [-0.1, -0.05) is 38.8 Å². The molecular weight excluding hydrogens is 330 g/mol. The summed E-state index contributed by atoms with van der Waals surface area (Å²) in [6.07, 6.45) is 5.25. The highest BCUT2D eigenvalue weighted by Crippen LogP contribution is 2.48. The molecule has 2 atom stereocenters. The zero-order valence-electron chi connectivity index (χ0n) is 12.2. The molecule has 2 N–H and O–H groups in total. The van der Waals surface area contributed by atoms with E-state index in [1.165, 1.54) is 45.8 Å². The lowest BCUT2D eigenvalue weighted by Gasteiger charge is -2.42. The number of hydrogen-bond acceptors (Lipinski definition) is 2. The molecule has 1 aromatic carbocycles. The summed E-state index contributed by atoms with van der Waals surface area (Å²) in [5.74, 6) is 0.591. The van der Waals surface area contributed by atoms with E-state index >= 15 is 0 Å². The standard InChI is InChI=1S/C17H22BrNS/c1-17(2)9-4-3-7-13(17)15(19)12-10-20-16-11(12)6-5-8-14(16)18/h5-6,8,10,13,15H,3-4,7,9,19H2,1-2H3. The van der Waals surface area contributed by atoms with Crippen LogP contribution < -0.4 is 5.73 Å². The molecule has 0 aliphatic heterocycles. The maximum atomic E-state index is 6.70. The fourth-order valence-electron chi connectivity index (χ4n) is 3.70. The van der Waals surface area contributed by atoms with E-state index < -0.39 is 0 Å². The van der Waals surface area contributed by atoms with E-state index in [2.05, 4.69) is 53.4 Å². The smallest absolute Gasteiger partial charge is 0.0488 e. The highest BCUT2D eigenvalue weighted by Gasteiger charge is 2.37. The minimum absolute atomic E-state index is 0.161. The predicted molar refractivity (Wildman–Crippen MR) is 92.2 cm³/mol. The van der Waals surface area contributed by atoms with Crippen molar-refractivity contribution in [3.8, 4) is 0 Å². The van der Waals surface area contributed by atoms with Crippen LogP contribution in [-0.4, -0.2) is 0 Å². The van der Waals surface area contributed by atoms with E-state index in [4.69, 9.17) is 5.73 Å². The van der Waals surface area contributed by atoms with Crippen molar-refractivity contribution in [2.45, 2.75) is 45.6 Å². The normalized spacial score (nSPS) is 23.9. The van der Waals surface area contributed by atoms with Gasteiger partial charge in [0.1, 0.15) is 0 Å². The Morgan fingerprint density at radius 3 is 2.90 bits per heavy atom. The van der Waals surface area contributed by atoms with Crippen LogP contribution in [0.1, 0.15) is 51.1 Å². The molecule has 3 rings (SSSR count). The van der Waals surface area contributed by atoms with Gasteiger partial charge in [-0.3, -0.25) is 0 Å². The van der Waals surface area contributed by atoms with E-state index in [9.17, 15) is 0 Å². The van der Waals surface area contributed by atoms with Crippen LogP contribution >= 0.6 is 27.3 Å². The number of benzene rings is 1. The molecule has 1 nitrogen and oxygen atoms in total. The van der Waals surface area contributed by atoms with Crippen LogP contribution in [0.4, 0.5) is 0 Å². The van der Waals surface area contributed by atoms with Gasteiger partial charge in [-0.15, -0.1) is 11.3 Å². The van der Waals surface area contributed by atoms with Crippen molar-refractivity contribution in [1.29, 1.82) is 0 Å². The lowest BCUT2D eigenvalue weighted by molar-refractivity contribution is 0.113. The number of fused-ring (bicyclic) bond motifs is 1. The lowest BCUT2D eigenvalue weighted by atomic mass is 9.65. The molecule has 0 bridgehead atoms. The Kier molecular flexibility index (Phi) is 3.95. The van der Waals surface area contributed by atoms with Crippen molar-refractivity contribution in [2.24, 2.45) is 17.1 Å². The van der Waals surface area contributed by atoms with E-state index in [1.54, 1.807) is 11.3 Å². The van der Waals surface area contributed by atoms with Crippen molar-refractivity contribution in [2.75, 3.05) is 0 Å². The lowest BCUT2D eigenvalue weighted by Crippen LogP contribution is -2.36. The van der Waals surface area contributed by atoms with E-state index in [0.29, 0.717) is 11.3 Å². The fourth-order valence-corrected chi connectivity index (χ4v) is 5.37. The molecule has 1 saturated carbocycles. The second-order valence-corrected chi connectivity index (χ2v) is 8.41. The number of rotatable bonds is 2. The van der Waals surface area contributed by atoms with Crippen LogP contribution in [0, 0.1) is 11.3 Å². The first-order valence-corrected chi connectivity index (χ1v) is 9.09. The zero-order valence-corrected chi connectivity index (χ0v) is 14.6. The quantitative estimate of drug-likeness (QED) is 0.718. The van der Waals surface area contributed by atoms with Crippen molar-refractivity contribution < 1.29 is 0 Å². The number of thiophene rings is 1. The molecule has 3 heteroatoms. The third-order valence-electron chi connectivity index (χ3n) is 4.96. The molecule has 1 aliphatic carbocycles. The Balaban J connectivity index is 2.00. The van der Waals surface area contributed by atoms with Crippen molar-refractivity contribution in [3.05, 3.63) is 33.6 Å². The fraction of sp³-hybridized carbons (Fsp3) is 0.529. The number of halogens is 1. The minimum Gasteiger partial charge on any atom is -0.324 e. The number of hydrogen-bond donors (Lipinski definition) is 1. The van der Waals surface area contributed by atoms with Crippen LogP contribution in [0.5, 0.6) is 0 Å². The summed E-state index contributed by atoms with van der Waals surface area (Å²) in [5.41, 5.74) is 8.40. The largest absolute Gasteiger partial charge is 0.324 e. The Morgan fingerprint density at radius 1 is 1.35 bits per heavy atom. The molecule has 0 spiro atoms. The summed E-state index contributed by atoms with van der Waals surface area (Å²) in [5, 5.41) is 3.60. The van der Waals surface area contributed by atoms with E-state index in [-0.39, 0.29) is 6.04 Å². The SMILES string of the molecule is CC1(C)CCCCC1C(N)c1csc2c(Br)cccc12. The Labute approximate surface area is 133 Å². The van der Waals surface area contributed by atoms with Crippen LogP contribution in [-0.2, 0) is 0 Å². The second kappa shape index (κ2) is 5.43. The molecule has 1 heterocycles. The molecular formula is C17H22BrNS. The van der Waals surface area contributed by atoms with Gasteiger partial charge in [-0.05, 0) is 62.5 Å². The van der Waals surface area contributed by atoms with Crippen molar-refractivity contribution in [1.82, 2.24) is 0 Å². The molecule has 0 amide bonds. The summed E-state index contributed by atoms with van der Waals surface area (Å²) in [6, 6.07) is 6.59. The molecule has 108 valence electrons. The molecule has 0 radical (unpaired) electrons. The average molecular weight is 352 g/mol. The van der Waals surface area contributed by atoms with Gasteiger partial charge in [-0.25, -0.2) is 0 Å². The summed E-state index contributed by atoms with van der Waals surface area (Å²) < 4.78 is 2.51. The van der Waals surface area contributed by atoms with Crippen LogP contribution in [0.15, 0.2) is 28.1 Å². The van der Waals surface area contributed by atoms with Gasteiger partial charge < -0.3 is 5.73 Å². The van der Waals surface area contributed by atoms with Gasteiger partial charge in [0, 0.05) is 15.2 Å². The molecule has 0 saturated heterocycles. The van der Waals surface area contributed by atoms with Gasteiger partial charge in [0.05, 0.1) is 0 Å². The van der Waals surface area contributed by atoms with Crippen molar-refractivity contribution in [3.63, 3.8) is 0 Å². The van der Waals surface area contributed by atoms with Gasteiger partial charge in [-0.2, -0.15) is 0 Å². The Bertz CT molecular complexity index is 616. The molecule has 1 fully saturated rings. The summed E-state index contributed by atoms with van der Waals surface area (Å²) >= 11 is 5.45. The predicted octanol–water partition coefficient (Wildman–Crippen LogP) is 5.88. The van der Waals surface area contributed by atoms with Crippen LogP contribution in [0.25, 0.3) is 10.1 Å². The molecule has 1 aromatic heterocycles. The molecule has 2 unspecified atom stereocenters. The average Bonchev–Trinajstić information content (AvgIpc) is 2.83. The Morgan fingerprint density at radius 2 is 2.15 bits per heavy atom. The van der Waals surface area contributed by atoms with E-state index in [1.807, 2.05) is 0 Å². The molecule has 2 aromatic rings. The second-order valence-electron chi connectivity index (χ2n) is 6.67. The summed E-state index contributed by atoms with van der Waals surface area (Å²) in [6.45, 7) is 4.78. The first kappa shape index (κ1) is 14.6. The Hall–Kier alpha value is -0.380. The molecule has 20 heavy (non-hydrogen) atoms. The summed E-state index contributed by atoms with van der Waals surface area (Å²) in [7, 11) is 0. The highest BCUT2D eigenvalue weighted by atomic mass is 79.9. The molecule has 1 aliphatic rings. The van der Waals surface area contributed by atoms with E-state index in [0.717, 1.165) is 0 Å². The first-order chi connectivity index (χ1) is 9.50. The third kappa shape index (κ3) is 2.44. The zero-order chi connectivity index (χ0) is 14.3. The van der Waals surface area contributed by atoms with Gasteiger partial charge in [0.25, 0.3) is 0 Å². The van der Waals surface area contributed by atoms with Crippen LogP contribution in [0.3, 0.4) is 0 Å². The first-order valence-electron chi connectivity index (χ1n) is 7.42. The number of nitrogens with two attached hydrogens (primary N) is 1. The van der Waals surface area contributed by atoms with Gasteiger partial charge >= 0.3 is 0 Å². The summed E-state index contributed by atoms with van der Waals surface area (Å²) in [4.78, 5) is 0. The maximum Gasteiger partial charge on any atom is 0.0488 e.